The fraction of sp³-hybridized carbons (Fsp3) is 0.571. The van der Waals surface area contributed by atoms with Gasteiger partial charge in [-0.05, 0) is 19.3 Å². The zero-order valence-corrected chi connectivity index (χ0v) is 14.7. The number of ether oxygens (including phenoxy) is 1. The van der Waals surface area contributed by atoms with E-state index in [0.717, 1.165) is 19.3 Å². The zero-order chi connectivity index (χ0) is 17.0. The summed E-state index contributed by atoms with van der Waals surface area (Å²) in [5.74, 6) is 11.9. The molecule has 0 radical (unpaired) electrons. The maximum atomic E-state index is 10.9. The Morgan fingerprint density at radius 3 is 2.52 bits per heavy atom. The lowest BCUT2D eigenvalue weighted by atomic mass is 10.1. The van der Waals surface area contributed by atoms with E-state index in [0.29, 0.717) is 12.8 Å². The number of carbonyl (C=O) groups is 1. The van der Waals surface area contributed by atoms with Gasteiger partial charge >= 0.3 is 5.97 Å². The molecule has 2 nitrogen and oxygen atoms in total. The van der Waals surface area contributed by atoms with Gasteiger partial charge in [-0.2, -0.15) is 0 Å². The van der Waals surface area contributed by atoms with E-state index in [1.807, 2.05) is 0 Å². The Hall–Kier alpha value is -1.93. The van der Waals surface area contributed by atoms with Gasteiger partial charge in [-0.3, -0.25) is 4.79 Å². The van der Waals surface area contributed by atoms with Crippen LogP contribution in [0, 0.1) is 23.7 Å². The first-order valence-electron chi connectivity index (χ1n) is 8.61. The Morgan fingerprint density at radius 2 is 1.74 bits per heavy atom. The van der Waals surface area contributed by atoms with Gasteiger partial charge in [0, 0.05) is 19.3 Å². The van der Waals surface area contributed by atoms with Crippen LogP contribution in [0.25, 0.3) is 0 Å². The minimum Gasteiger partial charge on any atom is -0.469 e. The van der Waals surface area contributed by atoms with Crippen LogP contribution < -0.4 is 0 Å². The zero-order valence-electron chi connectivity index (χ0n) is 14.7. The van der Waals surface area contributed by atoms with Crippen molar-refractivity contribution < 1.29 is 9.53 Å². The predicted octanol–water partition coefficient (Wildman–Crippen LogP) is 5.20. The Kier molecular flexibility index (Phi) is 16.6. The van der Waals surface area contributed by atoms with Crippen LogP contribution in [0.15, 0.2) is 24.3 Å². The summed E-state index contributed by atoms with van der Waals surface area (Å²) in [6.45, 7) is 2.23. The smallest absolute Gasteiger partial charge is 0.305 e. The molecule has 2 heteroatoms. The molecule has 0 N–H and O–H groups in total. The summed E-state index contributed by atoms with van der Waals surface area (Å²) < 4.78 is 4.56. The van der Waals surface area contributed by atoms with Crippen molar-refractivity contribution in [2.75, 3.05) is 7.11 Å². The molecule has 0 atom stereocenters. The first-order chi connectivity index (χ1) is 11.3. The van der Waals surface area contributed by atoms with Gasteiger partial charge in [-0.1, -0.05) is 68.3 Å². The third kappa shape index (κ3) is 18.0. The van der Waals surface area contributed by atoms with E-state index in [-0.39, 0.29) is 5.97 Å². The molecular formula is C21H30O2. The van der Waals surface area contributed by atoms with E-state index in [1.165, 1.54) is 39.2 Å². The first kappa shape index (κ1) is 21.1. The summed E-state index contributed by atoms with van der Waals surface area (Å²) >= 11 is 0. The molecule has 0 spiro atoms. The van der Waals surface area contributed by atoms with Gasteiger partial charge in [0.25, 0.3) is 0 Å². The topological polar surface area (TPSA) is 26.3 Å². The van der Waals surface area contributed by atoms with E-state index in [4.69, 9.17) is 0 Å². The average molecular weight is 314 g/mol. The second kappa shape index (κ2) is 18.1. The Bertz CT molecular complexity index is 464. The largest absolute Gasteiger partial charge is 0.469 e. The van der Waals surface area contributed by atoms with E-state index >= 15 is 0 Å². The molecule has 0 fully saturated rings. The summed E-state index contributed by atoms with van der Waals surface area (Å²) in [6, 6.07) is 0. The molecular weight excluding hydrogens is 284 g/mol. The molecule has 0 unspecified atom stereocenters. The molecule has 0 saturated heterocycles. The van der Waals surface area contributed by atoms with Crippen molar-refractivity contribution >= 4 is 5.97 Å². The molecule has 0 aromatic rings. The minimum atomic E-state index is -0.173. The van der Waals surface area contributed by atoms with Gasteiger partial charge in [0.2, 0.25) is 0 Å². The van der Waals surface area contributed by atoms with Crippen LogP contribution in [0.5, 0.6) is 0 Å². The second-order valence-corrected chi connectivity index (χ2v) is 5.22. The number of hydrogen-bond donors (Lipinski definition) is 0. The fourth-order valence-electron chi connectivity index (χ4n) is 1.82. The van der Waals surface area contributed by atoms with Gasteiger partial charge in [-0.15, -0.1) is 5.92 Å². The maximum Gasteiger partial charge on any atom is 0.305 e. The minimum absolute atomic E-state index is 0.173. The highest BCUT2D eigenvalue weighted by Crippen LogP contribution is 2.02. The van der Waals surface area contributed by atoms with E-state index < -0.39 is 0 Å². The molecule has 0 rings (SSSR count). The number of hydrogen-bond acceptors (Lipinski definition) is 2. The van der Waals surface area contributed by atoms with E-state index in [9.17, 15) is 4.79 Å². The van der Waals surface area contributed by atoms with Crippen LogP contribution in [-0.2, 0) is 9.53 Å². The van der Waals surface area contributed by atoms with Crippen LogP contribution in [0.2, 0.25) is 0 Å². The number of allylic oxidation sites excluding steroid dienone is 4. The standard InChI is InChI=1S/C21H30O2/c1-3-4-5-6-7-8-9-10-11-12-13-14-15-16-17-18-19-20-21(22)23-2/h8-11H,3-7,12,15,18-20H2,1-2H3/b9-8-,11-10-. The monoisotopic (exact) mass is 314 g/mol. The van der Waals surface area contributed by atoms with Crippen molar-refractivity contribution in [3.63, 3.8) is 0 Å². The normalized spacial score (nSPS) is 10.2. The molecule has 0 saturated carbocycles. The summed E-state index contributed by atoms with van der Waals surface area (Å²) in [6.07, 6.45) is 18.2. The Balaban J connectivity index is 3.53. The molecule has 23 heavy (non-hydrogen) atoms. The second-order valence-electron chi connectivity index (χ2n) is 5.22. The highest BCUT2D eigenvalue weighted by Gasteiger charge is 1.96. The number of carbonyl (C=O) groups excluding carboxylic acids is 1. The first-order valence-corrected chi connectivity index (χ1v) is 8.61. The lowest BCUT2D eigenvalue weighted by Gasteiger charge is -1.93. The third-order valence-corrected chi connectivity index (χ3v) is 3.16. The van der Waals surface area contributed by atoms with E-state index in [2.05, 4.69) is 59.6 Å². The quantitative estimate of drug-likeness (QED) is 0.240. The Morgan fingerprint density at radius 1 is 0.957 bits per heavy atom. The van der Waals surface area contributed by atoms with Crippen molar-refractivity contribution in [2.45, 2.75) is 71.1 Å². The molecule has 0 heterocycles. The summed E-state index contributed by atoms with van der Waals surface area (Å²) in [5, 5.41) is 0. The number of unbranched alkanes of at least 4 members (excludes halogenated alkanes) is 5. The molecule has 0 aromatic carbocycles. The Labute approximate surface area is 142 Å². The van der Waals surface area contributed by atoms with Gasteiger partial charge in [0.15, 0.2) is 0 Å². The molecule has 0 bridgehead atoms. The van der Waals surface area contributed by atoms with E-state index in [1.54, 1.807) is 0 Å². The van der Waals surface area contributed by atoms with Crippen molar-refractivity contribution in [2.24, 2.45) is 0 Å². The predicted molar refractivity (Wildman–Crippen MR) is 97.7 cm³/mol. The van der Waals surface area contributed by atoms with Gasteiger partial charge in [-0.25, -0.2) is 0 Å². The molecule has 126 valence electrons. The van der Waals surface area contributed by atoms with Crippen LogP contribution in [0.1, 0.15) is 71.1 Å². The van der Waals surface area contributed by atoms with Gasteiger partial charge in [0.1, 0.15) is 0 Å². The SMILES string of the molecule is CCCCCC/C=C\C=C/CC#CCC#CCCCC(=O)OC. The highest BCUT2D eigenvalue weighted by atomic mass is 16.5. The third-order valence-electron chi connectivity index (χ3n) is 3.16. The molecule has 0 aliphatic heterocycles. The van der Waals surface area contributed by atoms with Gasteiger partial charge < -0.3 is 4.74 Å². The van der Waals surface area contributed by atoms with Crippen LogP contribution in [0.3, 0.4) is 0 Å². The number of rotatable bonds is 10. The lowest BCUT2D eigenvalue weighted by molar-refractivity contribution is -0.140. The van der Waals surface area contributed by atoms with Crippen LogP contribution in [-0.4, -0.2) is 13.1 Å². The molecule has 0 aliphatic rings. The number of methoxy groups -OCH3 is 1. The summed E-state index contributed by atoms with van der Waals surface area (Å²) in [7, 11) is 1.40. The van der Waals surface area contributed by atoms with Crippen molar-refractivity contribution in [1.82, 2.24) is 0 Å². The van der Waals surface area contributed by atoms with Crippen LogP contribution in [0.4, 0.5) is 0 Å². The van der Waals surface area contributed by atoms with Gasteiger partial charge in [0.05, 0.1) is 13.5 Å². The molecule has 0 aliphatic carbocycles. The average Bonchev–Trinajstić information content (AvgIpc) is 2.57. The van der Waals surface area contributed by atoms with Crippen molar-refractivity contribution in [3.05, 3.63) is 24.3 Å². The molecule has 0 amide bonds. The highest BCUT2D eigenvalue weighted by molar-refractivity contribution is 5.69. The molecule has 0 aromatic heterocycles. The van der Waals surface area contributed by atoms with Crippen molar-refractivity contribution in [3.8, 4) is 23.7 Å². The number of esters is 1. The van der Waals surface area contributed by atoms with Crippen molar-refractivity contribution in [1.29, 1.82) is 0 Å². The maximum absolute atomic E-state index is 10.9. The lowest BCUT2D eigenvalue weighted by Crippen LogP contribution is -1.98. The fourth-order valence-corrected chi connectivity index (χ4v) is 1.82. The summed E-state index contributed by atoms with van der Waals surface area (Å²) in [5.41, 5.74) is 0. The summed E-state index contributed by atoms with van der Waals surface area (Å²) in [4.78, 5) is 10.9. The van der Waals surface area contributed by atoms with Crippen LogP contribution >= 0.6 is 0 Å².